The zero-order valence-electron chi connectivity index (χ0n) is 5.74. The Kier molecular flexibility index (Phi) is 2.48. The van der Waals surface area contributed by atoms with Gasteiger partial charge in [-0.05, 0) is 0 Å². The molecular formula is C5H8F2N4. The summed E-state index contributed by atoms with van der Waals surface area (Å²) in [5.74, 6) is 0. The number of rotatable bonds is 3. The van der Waals surface area contributed by atoms with E-state index in [0.717, 1.165) is 4.68 Å². The standard InChI is InChI=1S/C5H8F2N4/c6-5(7)3-11-4(1-8)2-9-10-11/h2,5H,1,3,8H2. The molecule has 0 amide bonds. The molecule has 1 heterocycles. The van der Waals surface area contributed by atoms with E-state index >= 15 is 0 Å². The van der Waals surface area contributed by atoms with Gasteiger partial charge in [0.2, 0.25) is 0 Å². The van der Waals surface area contributed by atoms with Crippen LogP contribution in [-0.2, 0) is 13.1 Å². The average Bonchev–Trinajstić information content (AvgIpc) is 2.34. The van der Waals surface area contributed by atoms with Crippen molar-refractivity contribution in [3.8, 4) is 0 Å². The molecule has 0 aliphatic carbocycles. The number of hydrogen-bond acceptors (Lipinski definition) is 3. The van der Waals surface area contributed by atoms with E-state index in [4.69, 9.17) is 5.73 Å². The van der Waals surface area contributed by atoms with Gasteiger partial charge in [-0.15, -0.1) is 5.10 Å². The zero-order valence-corrected chi connectivity index (χ0v) is 5.74. The SMILES string of the molecule is NCc1cnnn1CC(F)F. The second kappa shape index (κ2) is 3.38. The van der Waals surface area contributed by atoms with Gasteiger partial charge in [0.05, 0.1) is 11.9 Å². The van der Waals surface area contributed by atoms with Crippen molar-refractivity contribution in [3.05, 3.63) is 11.9 Å². The van der Waals surface area contributed by atoms with Crippen molar-refractivity contribution in [3.63, 3.8) is 0 Å². The fourth-order valence-corrected chi connectivity index (χ4v) is 0.721. The average molecular weight is 162 g/mol. The van der Waals surface area contributed by atoms with Gasteiger partial charge in [0.25, 0.3) is 6.43 Å². The Labute approximate surface area is 62.0 Å². The Balaban J connectivity index is 2.68. The highest BCUT2D eigenvalue weighted by atomic mass is 19.3. The first-order valence-corrected chi connectivity index (χ1v) is 3.09. The lowest BCUT2D eigenvalue weighted by atomic mass is 10.4. The molecule has 6 heteroatoms. The quantitative estimate of drug-likeness (QED) is 0.680. The van der Waals surface area contributed by atoms with Crippen LogP contribution in [0.25, 0.3) is 0 Å². The Morgan fingerprint density at radius 3 is 2.91 bits per heavy atom. The molecule has 0 aromatic carbocycles. The van der Waals surface area contributed by atoms with Crippen molar-refractivity contribution in [1.29, 1.82) is 0 Å². The maximum atomic E-state index is 11.8. The Morgan fingerprint density at radius 1 is 1.64 bits per heavy atom. The van der Waals surface area contributed by atoms with Crippen molar-refractivity contribution < 1.29 is 8.78 Å². The van der Waals surface area contributed by atoms with Crippen LogP contribution in [0.15, 0.2) is 6.20 Å². The van der Waals surface area contributed by atoms with Gasteiger partial charge >= 0.3 is 0 Å². The van der Waals surface area contributed by atoms with Crippen LogP contribution in [0, 0.1) is 0 Å². The largest absolute Gasteiger partial charge is 0.325 e. The lowest BCUT2D eigenvalue weighted by Gasteiger charge is -2.01. The minimum Gasteiger partial charge on any atom is -0.325 e. The maximum absolute atomic E-state index is 11.8. The molecule has 4 nitrogen and oxygen atoms in total. The van der Waals surface area contributed by atoms with Crippen LogP contribution in [0.3, 0.4) is 0 Å². The molecule has 62 valence electrons. The molecule has 1 aromatic rings. The predicted octanol–water partition coefficient (Wildman–Crippen LogP) is 0.00190. The molecule has 1 rings (SSSR count). The van der Waals surface area contributed by atoms with Crippen molar-refractivity contribution in [2.24, 2.45) is 5.73 Å². The van der Waals surface area contributed by atoms with E-state index in [0.29, 0.717) is 5.69 Å². The van der Waals surface area contributed by atoms with E-state index in [-0.39, 0.29) is 6.54 Å². The van der Waals surface area contributed by atoms with E-state index < -0.39 is 13.0 Å². The first-order valence-electron chi connectivity index (χ1n) is 3.09. The van der Waals surface area contributed by atoms with Gasteiger partial charge in [-0.2, -0.15) is 0 Å². The highest BCUT2D eigenvalue weighted by Gasteiger charge is 2.07. The zero-order chi connectivity index (χ0) is 8.27. The van der Waals surface area contributed by atoms with Crippen molar-refractivity contribution in [2.45, 2.75) is 19.5 Å². The van der Waals surface area contributed by atoms with Crippen LogP contribution in [0.1, 0.15) is 5.69 Å². The van der Waals surface area contributed by atoms with Gasteiger partial charge in [0.1, 0.15) is 6.54 Å². The van der Waals surface area contributed by atoms with Crippen LogP contribution >= 0.6 is 0 Å². The van der Waals surface area contributed by atoms with E-state index in [1.54, 1.807) is 0 Å². The van der Waals surface area contributed by atoms with Crippen LogP contribution in [0.2, 0.25) is 0 Å². The summed E-state index contributed by atoms with van der Waals surface area (Å²) in [4.78, 5) is 0. The molecule has 1 aromatic heterocycles. The molecule has 0 aliphatic rings. The van der Waals surface area contributed by atoms with Gasteiger partial charge in [0.15, 0.2) is 0 Å². The molecule has 0 radical (unpaired) electrons. The molecule has 0 fully saturated rings. The molecule has 0 unspecified atom stereocenters. The summed E-state index contributed by atoms with van der Waals surface area (Å²) in [6.45, 7) is -0.258. The molecule has 0 aliphatic heterocycles. The first kappa shape index (κ1) is 8.06. The second-order valence-electron chi connectivity index (χ2n) is 2.00. The van der Waals surface area contributed by atoms with E-state index in [1.165, 1.54) is 6.20 Å². The summed E-state index contributed by atoms with van der Waals surface area (Å²) >= 11 is 0. The summed E-state index contributed by atoms with van der Waals surface area (Å²) < 4.78 is 24.7. The number of nitrogens with two attached hydrogens (primary N) is 1. The van der Waals surface area contributed by atoms with Gasteiger partial charge < -0.3 is 5.73 Å². The highest BCUT2D eigenvalue weighted by Crippen LogP contribution is 2.00. The van der Waals surface area contributed by atoms with E-state index in [2.05, 4.69) is 10.3 Å². The third-order valence-electron chi connectivity index (χ3n) is 1.22. The van der Waals surface area contributed by atoms with Crippen LogP contribution < -0.4 is 5.73 Å². The fourth-order valence-electron chi connectivity index (χ4n) is 0.721. The summed E-state index contributed by atoms with van der Waals surface area (Å²) in [5, 5.41) is 6.88. The van der Waals surface area contributed by atoms with Gasteiger partial charge in [-0.25, -0.2) is 13.5 Å². The predicted molar refractivity (Wildman–Crippen MR) is 33.9 cm³/mol. The summed E-state index contributed by atoms with van der Waals surface area (Å²) in [5.41, 5.74) is 5.74. The molecule has 0 atom stereocenters. The molecule has 0 saturated carbocycles. The summed E-state index contributed by atoms with van der Waals surface area (Å²) in [6, 6.07) is 0. The molecular weight excluding hydrogens is 154 g/mol. The van der Waals surface area contributed by atoms with Crippen LogP contribution in [0.5, 0.6) is 0 Å². The highest BCUT2D eigenvalue weighted by molar-refractivity contribution is 4.92. The molecule has 0 saturated heterocycles. The lowest BCUT2D eigenvalue weighted by molar-refractivity contribution is 0.120. The third-order valence-corrected chi connectivity index (χ3v) is 1.22. The first-order chi connectivity index (χ1) is 5.24. The summed E-state index contributed by atoms with van der Waals surface area (Å²) in [7, 11) is 0. The molecule has 2 N–H and O–H groups in total. The Bertz CT molecular complexity index is 222. The van der Waals surface area contributed by atoms with E-state index in [1.807, 2.05) is 0 Å². The second-order valence-corrected chi connectivity index (χ2v) is 2.00. The van der Waals surface area contributed by atoms with Crippen molar-refractivity contribution in [1.82, 2.24) is 15.0 Å². The van der Waals surface area contributed by atoms with Crippen LogP contribution in [0.4, 0.5) is 8.78 Å². The number of alkyl halides is 2. The number of halogens is 2. The smallest absolute Gasteiger partial charge is 0.257 e. The monoisotopic (exact) mass is 162 g/mol. The number of nitrogens with zero attached hydrogens (tertiary/aromatic N) is 3. The molecule has 11 heavy (non-hydrogen) atoms. The number of hydrogen-bond donors (Lipinski definition) is 1. The minimum absolute atomic E-state index is 0.180. The Hall–Kier alpha value is -1.04. The molecule has 0 bridgehead atoms. The van der Waals surface area contributed by atoms with Gasteiger partial charge in [0, 0.05) is 6.54 Å². The lowest BCUT2D eigenvalue weighted by Crippen LogP contribution is -2.13. The van der Waals surface area contributed by atoms with Gasteiger partial charge in [-0.3, -0.25) is 0 Å². The minimum atomic E-state index is -2.41. The topological polar surface area (TPSA) is 56.7 Å². The number of aromatic nitrogens is 3. The molecule has 0 spiro atoms. The van der Waals surface area contributed by atoms with Crippen molar-refractivity contribution in [2.75, 3.05) is 0 Å². The normalized spacial score (nSPS) is 10.9. The third kappa shape index (κ3) is 1.94. The maximum Gasteiger partial charge on any atom is 0.257 e. The van der Waals surface area contributed by atoms with Gasteiger partial charge in [-0.1, -0.05) is 5.21 Å². The Morgan fingerprint density at radius 2 is 2.36 bits per heavy atom. The van der Waals surface area contributed by atoms with Crippen molar-refractivity contribution >= 4 is 0 Å². The summed E-state index contributed by atoms with van der Waals surface area (Å²) in [6.07, 6.45) is -1.04. The van der Waals surface area contributed by atoms with Crippen LogP contribution in [-0.4, -0.2) is 21.4 Å². The van der Waals surface area contributed by atoms with E-state index in [9.17, 15) is 8.78 Å². The fraction of sp³-hybridized carbons (Fsp3) is 0.600.